The molecule has 2 heterocycles. The van der Waals surface area contributed by atoms with E-state index in [-0.39, 0.29) is 10.8 Å². The number of fused-ring (bicyclic) bond motifs is 5. The summed E-state index contributed by atoms with van der Waals surface area (Å²) in [5, 5.41) is 0. The van der Waals surface area contributed by atoms with E-state index < -0.39 is 0 Å². The summed E-state index contributed by atoms with van der Waals surface area (Å²) in [5.74, 6) is 2.78. The van der Waals surface area contributed by atoms with Crippen molar-refractivity contribution in [2.75, 3.05) is 13.7 Å². The number of carbonyl (C=O) groups excluding carboxylic acids is 1. The predicted octanol–water partition coefficient (Wildman–Crippen LogP) is 4.13. The van der Waals surface area contributed by atoms with Crippen LogP contribution in [0.5, 0.6) is 5.88 Å². The van der Waals surface area contributed by atoms with E-state index in [1.165, 1.54) is 24.1 Å². The molecule has 1 aromatic rings. The van der Waals surface area contributed by atoms with Gasteiger partial charge in [0.15, 0.2) is 0 Å². The molecule has 0 N–H and O–H groups in total. The van der Waals surface area contributed by atoms with Gasteiger partial charge in [0.05, 0.1) is 25.2 Å². The van der Waals surface area contributed by atoms with Gasteiger partial charge in [0.2, 0.25) is 5.88 Å². The summed E-state index contributed by atoms with van der Waals surface area (Å²) in [4.78, 5) is 26.0. The largest absolute Gasteiger partial charge is 0.480 e. The first kappa shape index (κ1) is 18.0. The summed E-state index contributed by atoms with van der Waals surface area (Å²) in [6, 6.07) is 0. The SMILES string of the molecule is COc1cncc(C2=CC[C@H]3[C@@H]4CN=C5CC(=O)CC[C@]5(C)[C@H]4CC[C@]23C)n1. The molecule has 28 heavy (non-hydrogen) atoms. The molecule has 2 fully saturated rings. The average molecular weight is 380 g/mol. The minimum absolute atomic E-state index is 0.121. The Morgan fingerprint density at radius 2 is 2.00 bits per heavy atom. The molecule has 1 aromatic heterocycles. The highest BCUT2D eigenvalue weighted by Crippen LogP contribution is 2.63. The van der Waals surface area contributed by atoms with Crippen molar-refractivity contribution in [1.82, 2.24) is 9.97 Å². The first-order valence-electron chi connectivity index (χ1n) is 10.6. The molecule has 2 saturated carbocycles. The lowest BCUT2D eigenvalue weighted by Gasteiger charge is -2.56. The lowest BCUT2D eigenvalue weighted by molar-refractivity contribution is -0.120. The minimum Gasteiger partial charge on any atom is -0.480 e. The highest BCUT2D eigenvalue weighted by atomic mass is 16.5. The molecule has 0 amide bonds. The van der Waals surface area contributed by atoms with E-state index in [1.54, 1.807) is 13.3 Å². The summed E-state index contributed by atoms with van der Waals surface area (Å²) in [5.41, 5.74) is 3.73. The number of rotatable bonds is 2. The smallest absolute Gasteiger partial charge is 0.232 e. The van der Waals surface area contributed by atoms with Gasteiger partial charge in [-0.05, 0) is 54.4 Å². The van der Waals surface area contributed by atoms with Crippen molar-refractivity contribution in [2.24, 2.45) is 33.6 Å². The lowest BCUT2D eigenvalue weighted by Crippen LogP contribution is -2.54. The van der Waals surface area contributed by atoms with E-state index >= 15 is 0 Å². The first-order valence-corrected chi connectivity index (χ1v) is 10.6. The second kappa shape index (κ2) is 6.23. The van der Waals surface area contributed by atoms with Crippen LogP contribution in [0, 0.1) is 28.6 Å². The maximum atomic E-state index is 12.0. The zero-order chi connectivity index (χ0) is 19.5. The molecule has 4 aliphatic rings. The van der Waals surface area contributed by atoms with Gasteiger partial charge in [0.1, 0.15) is 5.78 Å². The third-order valence-corrected chi connectivity index (χ3v) is 8.37. The highest BCUT2D eigenvalue weighted by molar-refractivity contribution is 6.07. The molecule has 5 heteroatoms. The monoisotopic (exact) mass is 379 g/mol. The van der Waals surface area contributed by atoms with E-state index in [1.807, 2.05) is 6.20 Å². The maximum Gasteiger partial charge on any atom is 0.232 e. The Hall–Kier alpha value is -2.04. The Labute approximate surface area is 166 Å². The van der Waals surface area contributed by atoms with Crippen molar-refractivity contribution in [3.63, 3.8) is 0 Å². The number of Topliss-reactive ketones (excluding diaryl/α,β-unsaturated/α-hetero) is 1. The Balaban J connectivity index is 1.47. The van der Waals surface area contributed by atoms with Gasteiger partial charge >= 0.3 is 0 Å². The number of ketones is 1. The van der Waals surface area contributed by atoms with Crippen LogP contribution >= 0.6 is 0 Å². The van der Waals surface area contributed by atoms with Crippen molar-refractivity contribution >= 4 is 17.1 Å². The summed E-state index contributed by atoms with van der Waals surface area (Å²) >= 11 is 0. The molecule has 148 valence electrons. The Morgan fingerprint density at radius 3 is 2.82 bits per heavy atom. The third-order valence-electron chi connectivity index (χ3n) is 8.37. The van der Waals surface area contributed by atoms with Gasteiger partial charge < -0.3 is 4.74 Å². The summed E-state index contributed by atoms with van der Waals surface area (Å²) in [7, 11) is 1.64. The van der Waals surface area contributed by atoms with Crippen molar-refractivity contribution in [3.8, 4) is 5.88 Å². The molecule has 5 atom stereocenters. The second-order valence-electron chi connectivity index (χ2n) is 9.55. The molecule has 0 unspecified atom stereocenters. The van der Waals surface area contributed by atoms with E-state index in [0.29, 0.717) is 35.8 Å². The molecule has 3 aliphatic carbocycles. The molecular weight excluding hydrogens is 350 g/mol. The van der Waals surface area contributed by atoms with Gasteiger partial charge in [-0.3, -0.25) is 14.8 Å². The zero-order valence-electron chi connectivity index (χ0n) is 17.1. The Bertz CT molecular complexity index is 892. The summed E-state index contributed by atoms with van der Waals surface area (Å²) < 4.78 is 5.30. The lowest BCUT2D eigenvalue weighted by atomic mass is 9.49. The third kappa shape index (κ3) is 2.44. The molecule has 0 radical (unpaired) electrons. The Kier molecular flexibility index (Phi) is 4.01. The second-order valence-corrected chi connectivity index (χ2v) is 9.55. The molecule has 5 rings (SSSR count). The van der Waals surface area contributed by atoms with Crippen LogP contribution < -0.4 is 4.74 Å². The number of carbonyl (C=O) groups is 1. The molecule has 0 aromatic carbocycles. The van der Waals surface area contributed by atoms with E-state index in [9.17, 15) is 4.79 Å². The summed E-state index contributed by atoms with van der Waals surface area (Å²) in [6.45, 7) is 5.68. The number of hydrogen-bond donors (Lipinski definition) is 0. The highest BCUT2D eigenvalue weighted by Gasteiger charge is 2.57. The van der Waals surface area contributed by atoms with Gasteiger partial charge in [0, 0.05) is 30.5 Å². The fraction of sp³-hybridized carbons (Fsp3) is 0.652. The summed E-state index contributed by atoms with van der Waals surface area (Å²) in [6.07, 6.45) is 11.7. The number of aliphatic imine (C=N–C) groups is 1. The molecule has 0 bridgehead atoms. The number of methoxy groups -OCH3 is 1. The van der Waals surface area contributed by atoms with Gasteiger partial charge in [-0.25, -0.2) is 4.98 Å². The normalized spacial score (nSPS) is 39.4. The quantitative estimate of drug-likeness (QED) is 0.775. The average Bonchev–Trinajstić information content (AvgIpc) is 3.06. The molecular formula is C23H29N3O2. The van der Waals surface area contributed by atoms with Crippen LogP contribution in [0.15, 0.2) is 23.5 Å². The number of ether oxygens (including phenoxy) is 1. The van der Waals surface area contributed by atoms with Crippen LogP contribution in [-0.4, -0.2) is 35.1 Å². The number of aromatic nitrogens is 2. The van der Waals surface area contributed by atoms with Crippen LogP contribution in [0.3, 0.4) is 0 Å². The minimum atomic E-state index is 0.121. The maximum absolute atomic E-state index is 12.0. The molecule has 5 nitrogen and oxygen atoms in total. The topological polar surface area (TPSA) is 64.4 Å². The van der Waals surface area contributed by atoms with Crippen molar-refractivity contribution in [2.45, 2.75) is 52.4 Å². The fourth-order valence-corrected chi connectivity index (χ4v) is 6.75. The van der Waals surface area contributed by atoms with Gasteiger partial charge in [-0.1, -0.05) is 19.9 Å². The van der Waals surface area contributed by atoms with Crippen LogP contribution in [0.2, 0.25) is 0 Å². The molecule has 0 saturated heterocycles. The van der Waals surface area contributed by atoms with Crippen LogP contribution in [0.1, 0.15) is 58.1 Å². The van der Waals surface area contributed by atoms with Crippen LogP contribution in [0.25, 0.3) is 5.57 Å². The zero-order valence-corrected chi connectivity index (χ0v) is 17.1. The molecule has 1 aliphatic heterocycles. The predicted molar refractivity (Wildman–Crippen MR) is 108 cm³/mol. The fourth-order valence-electron chi connectivity index (χ4n) is 6.75. The number of allylic oxidation sites excluding steroid dienone is 2. The van der Waals surface area contributed by atoms with E-state index in [2.05, 4.69) is 29.9 Å². The first-order chi connectivity index (χ1) is 13.5. The van der Waals surface area contributed by atoms with Crippen LogP contribution in [-0.2, 0) is 4.79 Å². The standard InChI is InChI=1S/C23H29N3O2/c1-22-9-7-17-15(11-25-20-10-14(27)6-8-23(17,20)2)16(22)4-5-18(22)19-12-24-13-21(26-19)28-3/h5,12-13,15-17H,4,6-11H2,1-3H3/t15-,16-,17-,22-,23+/m0/s1. The van der Waals surface area contributed by atoms with Crippen molar-refractivity contribution in [1.29, 1.82) is 0 Å². The van der Waals surface area contributed by atoms with Crippen molar-refractivity contribution in [3.05, 3.63) is 24.2 Å². The van der Waals surface area contributed by atoms with Gasteiger partial charge in [-0.15, -0.1) is 0 Å². The van der Waals surface area contributed by atoms with Crippen molar-refractivity contribution < 1.29 is 9.53 Å². The molecule has 0 spiro atoms. The number of nitrogens with zero attached hydrogens (tertiary/aromatic N) is 3. The number of hydrogen-bond acceptors (Lipinski definition) is 5. The van der Waals surface area contributed by atoms with Gasteiger partial charge in [-0.2, -0.15) is 0 Å². The van der Waals surface area contributed by atoms with Gasteiger partial charge in [0.25, 0.3) is 0 Å². The Morgan fingerprint density at radius 1 is 1.14 bits per heavy atom. The van der Waals surface area contributed by atoms with E-state index in [4.69, 9.17) is 9.73 Å². The van der Waals surface area contributed by atoms with E-state index in [0.717, 1.165) is 31.5 Å². The van der Waals surface area contributed by atoms with Crippen LogP contribution in [0.4, 0.5) is 0 Å².